The van der Waals surface area contributed by atoms with E-state index < -0.39 is 0 Å². The summed E-state index contributed by atoms with van der Waals surface area (Å²) in [4.78, 5) is 11.9. The van der Waals surface area contributed by atoms with Gasteiger partial charge in [-0.05, 0) is 29.3 Å². The molecule has 0 saturated carbocycles. The number of nitrogens with zero attached hydrogens (tertiary/aromatic N) is 2. The van der Waals surface area contributed by atoms with E-state index in [1.54, 1.807) is 6.20 Å². The van der Waals surface area contributed by atoms with Crippen molar-refractivity contribution in [1.29, 1.82) is 0 Å². The quantitative estimate of drug-likeness (QED) is 0.850. The highest BCUT2D eigenvalue weighted by Gasteiger charge is 2.30. The number of rotatable bonds is 4. The minimum absolute atomic E-state index is 0.113. The molecule has 2 heterocycles. The molecule has 0 bridgehead atoms. The van der Waals surface area contributed by atoms with E-state index in [0.29, 0.717) is 16.8 Å². The Morgan fingerprint density at radius 2 is 2.50 bits per heavy atom. The van der Waals surface area contributed by atoms with Crippen molar-refractivity contribution in [3.05, 3.63) is 21.0 Å². The van der Waals surface area contributed by atoms with Crippen LogP contribution in [0.4, 0.5) is 5.69 Å². The second-order valence-corrected chi connectivity index (χ2v) is 5.41. The van der Waals surface area contributed by atoms with Crippen LogP contribution >= 0.6 is 15.9 Å². The molecule has 18 heavy (non-hydrogen) atoms. The van der Waals surface area contributed by atoms with E-state index in [1.807, 2.05) is 6.92 Å². The third-order valence-corrected chi connectivity index (χ3v) is 3.72. The van der Waals surface area contributed by atoms with Gasteiger partial charge in [-0.3, -0.25) is 4.79 Å². The number of ether oxygens (including phenoxy) is 1. The van der Waals surface area contributed by atoms with Gasteiger partial charge in [0.15, 0.2) is 0 Å². The Kier molecular flexibility index (Phi) is 4.04. The second kappa shape index (κ2) is 5.38. The standard InChI is InChI=1S/C11H16BrN3O3/c1-11(2-5-18-7-11)14-8-6-13-15(3-4-16)10(17)9(8)12/h6,14,16H,2-5,7H2,1H3. The largest absolute Gasteiger partial charge is 0.394 e. The van der Waals surface area contributed by atoms with E-state index >= 15 is 0 Å². The number of anilines is 1. The van der Waals surface area contributed by atoms with Gasteiger partial charge in [-0.1, -0.05) is 0 Å². The first-order valence-electron chi connectivity index (χ1n) is 5.78. The number of aliphatic hydroxyl groups is 1. The zero-order valence-electron chi connectivity index (χ0n) is 10.1. The minimum Gasteiger partial charge on any atom is -0.394 e. The van der Waals surface area contributed by atoms with Gasteiger partial charge in [0.1, 0.15) is 4.47 Å². The number of nitrogens with one attached hydrogen (secondary N) is 1. The fraction of sp³-hybridized carbons (Fsp3) is 0.636. The molecule has 0 amide bonds. The minimum atomic E-state index is -0.253. The smallest absolute Gasteiger partial charge is 0.283 e. The van der Waals surface area contributed by atoms with Crippen molar-refractivity contribution in [2.24, 2.45) is 0 Å². The van der Waals surface area contributed by atoms with Crippen LogP contribution in [0.25, 0.3) is 0 Å². The summed E-state index contributed by atoms with van der Waals surface area (Å²) in [6.45, 7) is 3.46. The van der Waals surface area contributed by atoms with Crippen LogP contribution in [-0.2, 0) is 11.3 Å². The summed E-state index contributed by atoms with van der Waals surface area (Å²) in [6.07, 6.45) is 2.48. The zero-order chi connectivity index (χ0) is 13.2. The Hall–Kier alpha value is -0.920. The predicted molar refractivity (Wildman–Crippen MR) is 70.7 cm³/mol. The molecule has 0 aromatic carbocycles. The SMILES string of the molecule is CC1(Nc2cnn(CCO)c(=O)c2Br)CCOC1. The molecule has 1 aromatic heterocycles. The topological polar surface area (TPSA) is 76.4 Å². The summed E-state index contributed by atoms with van der Waals surface area (Å²) in [5.74, 6) is 0. The molecule has 0 radical (unpaired) electrons. The average Bonchev–Trinajstić information content (AvgIpc) is 2.76. The first-order chi connectivity index (χ1) is 8.56. The number of aromatic nitrogens is 2. The first-order valence-corrected chi connectivity index (χ1v) is 6.57. The van der Waals surface area contributed by atoms with Crippen molar-refractivity contribution in [2.45, 2.75) is 25.4 Å². The van der Waals surface area contributed by atoms with Gasteiger partial charge in [0, 0.05) is 6.61 Å². The Labute approximate surface area is 113 Å². The number of hydrogen-bond acceptors (Lipinski definition) is 5. The summed E-state index contributed by atoms with van der Waals surface area (Å²) < 4.78 is 7.00. The molecule has 6 nitrogen and oxygen atoms in total. The van der Waals surface area contributed by atoms with Gasteiger partial charge >= 0.3 is 0 Å². The molecule has 2 N–H and O–H groups in total. The first kappa shape index (κ1) is 13.5. The highest BCUT2D eigenvalue weighted by Crippen LogP contribution is 2.26. The maximum absolute atomic E-state index is 11.9. The van der Waals surface area contributed by atoms with Gasteiger partial charge < -0.3 is 15.2 Å². The van der Waals surface area contributed by atoms with Gasteiger partial charge in [-0.25, -0.2) is 4.68 Å². The van der Waals surface area contributed by atoms with Crippen molar-refractivity contribution >= 4 is 21.6 Å². The fourth-order valence-electron chi connectivity index (χ4n) is 1.90. The van der Waals surface area contributed by atoms with Gasteiger partial charge in [0.05, 0.1) is 37.2 Å². The summed E-state index contributed by atoms with van der Waals surface area (Å²) in [7, 11) is 0. The number of halogens is 1. The molecule has 0 spiro atoms. The lowest BCUT2D eigenvalue weighted by Crippen LogP contribution is -2.36. The van der Waals surface area contributed by atoms with Crippen LogP contribution in [0.15, 0.2) is 15.5 Å². The van der Waals surface area contributed by atoms with Crippen LogP contribution < -0.4 is 10.9 Å². The van der Waals surface area contributed by atoms with Gasteiger partial charge in [-0.15, -0.1) is 0 Å². The molecule has 1 fully saturated rings. The molecule has 0 aliphatic carbocycles. The van der Waals surface area contributed by atoms with E-state index in [4.69, 9.17) is 9.84 Å². The molecule has 2 rings (SSSR count). The monoisotopic (exact) mass is 317 g/mol. The molecule has 100 valence electrons. The molecular weight excluding hydrogens is 302 g/mol. The maximum atomic E-state index is 11.9. The molecule has 1 saturated heterocycles. The zero-order valence-corrected chi connectivity index (χ0v) is 11.7. The highest BCUT2D eigenvalue weighted by atomic mass is 79.9. The lowest BCUT2D eigenvalue weighted by molar-refractivity contribution is 0.185. The normalized spacial score (nSPS) is 23.3. The number of hydrogen-bond donors (Lipinski definition) is 2. The van der Waals surface area contributed by atoms with Crippen molar-refractivity contribution in [2.75, 3.05) is 25.1 Å². The Morgan fingerprint density at radius 1 is 1.72 bits per heavy atom. The average molecular weight is 318 g/mol. The predicted octanol–water partition coefficient (Wildman–Crippen LogP) is 0.589. The maximum Gasteiger partial charge on any atom is 0.283 e. The molecule has 1 aliphatic rings. The number of aliphatic hydroxyl groups excluding tert-OH is 1. The van der Waals surface area contributed by atoms with E-state index in [-0.39, 0.29) is 24.2 Å². The van der Waals surface area contributed by atoms with Gasteiger partial charge in [0.2, 0.25) is 0 Å². The fourth-order valence-corrected chi connectivity index (χ4v) is 2.30. The molecular formula is C11H16BrN3O3. The van der Waals surface area contributed by atoms with E-state index in [0.717, 1.165) is 13.0 Å². The van der Waals surface area contributed by atoms with Gasteiger partial charge in [-0.2, -0.15) is 5.10 Å². The van der Waals surface area contributed by atoms with Crippen molar-refractivity contribution in [3.63, 3.8) is 0 Å². The van der Waals surface area contributed by atoms with E-state index in [2.05, 4.69) is 26.3 Å². The summed E-state index contributed by atoms with van der Waals surface area (Å²) in [5.41, 5.74) is 0.235. The second-order valence-electron chi connectivity index (χ2n) is 4.61. The molecule has 1 unspecified atom stereocenters. The van der Waals surface area contributed by atoms with Crippen LogP contribution in [-0.4, -0.2) is 40.2 Å². The van der Waals surface area contributed by atoms with Crippen molar-refractivity contribution in [3.8, 4) is 0 Å². The molecule has 1 atom stereocenters. The van der Waals surface area contributed by atoms with E-state index in [1.165, 1.54) is 4.68 Å². The van der Waals surface area contributed by atoms with Crippen LogP contribution in [0.5, 0.6) is 0 Å². The van der Waals surface area contributed by atoms with Crippen LogP contribution in [0.3, 0.4) is 0 Å². The van der Waals surface area contributed by atoms with Crippen LogP contribution in [0.1, 0.15) is 13.3 Å². The summed E-state index contributed by atoms with van der Waals surface area (Å²) in [6, 6.07) is 0. The summed E-state index contributed by atoms with van der Waals surface area (Å²) in [5, 5.41) is 16.1. The Morgan fingerprint density at radius 3 is 3.11 bits per heavy atom. The van der Waals surface area contributed by atoms with Crippen LogP contribution in [0, 0.1) is 0 Å². The molecule has 1 aliphatic heterocycles. The third kappa shape index (κ3) is 2.73. The third-order valence-electron chi connectivity index (χ3n) is 2.95. The highest BCUT2D eigenvalue weighted by molar-refractivity contribution is 9.10. The van der Waals surface area contributed by atoms with Crippen LogP contribution in [0.2, 0.25) is 0 Å². The Balaban J connectivity index is 2.24. The lowest BCUT2D eigenvalue weighted by Gasteiger charge is -2.25. The summed E-state index contributed by atoms with van der Waals surface area (Å²) >= 11 is 3.27. The van der Waals surface area contributed by atoms with Crippen molar-refractivity contribution in [1.82, 2.24) is 9.78 Å². The van der Waals surface area contributed by atoms with Crippen molar-refractivity contribution < 1.29 is 9.84 Å². The lowest BCUT2D eigenvalue weighted by atomic mass is 10.0. The molecule has 1 aromatic rings. The molecule has 7 heteroatoms. The van der Waals surface area contributed by atoms with E-state index in [9.17, 15) is 4.79 Å². The van der Waals surface area contributed by atoms with Gasteiger partial charge in [0.25, 0.3) is 5.56 Å². The Bertz CT molecular complexity index is 483.